The Hall–Kier alpha value is -1.80. The number of allylic oxidation sites excluding steroid dienone is 2. The topological polar surface area (TPSA) is 69.6 Å². The van der Waals surface area contributed by atoms with Gasteiger partial charge in [-0.25, -0.2) is 9.97 Å². The quantitative estimate of drug-likeness (QED) is 0.476. The fraction of sp³-hybridized carbons (Fsp3) is 0.619. The SMILES string of the molecule is [2H]C([2H])(CCCN1C(=O)[C@@H]2[C@H](C1=O)[C@@H]1C=C[C@H]2C1)N1CCN(c2ncc(Br)cn2)CC1. The normalized spacial score (nSPS) is 32.7. The Kier molecular flexibility index (Phi) is 4.55. The van der Waals surface area contributed by atoms with Crippen molar-refractivity contribution in [1.29, 1.82) is 0 Å². The molecule has 3 fully saturated rings. The van der Waals surface area contributed by atoms with Crippen molar-refractivity contribution in [2.45, 2.75) is 19.3 Å². The van der Waals surface area contributed by atoms with Crippen molar-refractivity contribution in [3.05, 3.63) is 29.0 Å². The maximum absolute atomic E-state index is 12.8. The van der Waals surface area contributed by atoms with Crippen molar-refractivity contribution in [2.75, 3.05) is 44.1 Å². The lowest BCUT2D eigenvalue weighted by molar-refractivity contribution is -0.140. The number of piperazine rings is 1. The van der Waals surface area contributed by atoms with E-state index < -0.39 is 6.50 Å². The monoisotopic (exact) mass is 461 g/mol. The molecule has 5 rings (SSSR count). The summed E-state index contributed by atoms with van der Waals surface area (Å²) in [5, 5.41) is 0. The molecule has 1 aromatic rings. The van der Waals surface area contributed by atoms with Gasteiger partial charge in [-0.15, -0.1) is 0 Å². The minimum Gasteiger partial charge on any atom is -0.338 e. The largest absolute Gasteiger partial charge is 0.338 e. The number of amides is 2. The van der Waals surface area contributed by atoms with Gasteiger partial charge in [0.05, 0.1) is 16.3 Å². The highest BCUT2D eigenvalue weighted by atomic mass is 79.9. The molecule has 1 saturated carbocycles. The van der Waals surface area contributed by atoms with Gasteiger partial charge >= 0.3 is 0 Å². The molecule has 4 aliphatic rings. The minimum absolute atomic E-state index is 0.0458. The zero-order valence-corrected chi connectivity index (χ0v) is 17.8. The standard InChI is InChI=1S/C21H26BrN5O2/c22-16-12-23-21(24-13-16)26-9-7-25(8-10-26)5-1-2-6-27-19(28)17-14-3-4-15(11-14)18(17)20(27)29/h3-4,12-15,17-18H,1-2,5-11H2/t14-,15+,17-,18+/i5D2. The third-order valence-electron chi connectivity index (χ3n) is 6.62. The van der Waals surface area contributed by atoms with Crippen LogP contribution in [0.2, 0.25) is 0 Å². The van der Waals surface area contributed by atoms with E-state index in [1.54, 1.807) is 12.4 Å². The Bertz CT molecular complexity index is 874. The Morgan fingerprint density at radius 2 is 1.62 bits per heavy atom. The van der Waals surface area contributed by atoms with Crippen molar-refractivity contribution in [2.24, 2.45) is 23.7 Å². The lowest BCUT2D eigenvalue weighted by Gasteiger charge is -2.34. The van der Waals surface area contributed by atoms with Gasteiger partial charge < -0.3 is 4.90 Å². The van der Waals surface area contributed by atoms with E-state index in [0.717, 1.165) is 10.9 Å². The zero-order valence-electron chi connectivity index (χ0n) is 18.2. The van der Waals surface area contributed by atoms with E-state index in [1.165, 1.54) is 4.90 Å². The molecule has 7 nitrogen and oxygen atoms in total. The van der Waals surface area contributed by atoms with Crippen LogP contribution in [0.25, 0.3) is 0 Å². The second-order valence-corrected chi connectivity index (χ2v) is 9.18. The van der Waals surface area contributed by atoms with E-state index in [1.807, 2.05) is 4.90 Å². The first-order valence-electron chi connectivity index (χ1n) is 11.4. The van der Waals surface area contributed by atoms with Crippen LogP contribution in [0.4, 0.5) is 5.95 Å². The summed E-state index contributed by atoms with van der Waals surface area (Å²) in [6.45, 7) is 1.30. The average Bonchev–Trinajstić information content (AvgIpc) is 3.44. The van der Waals surface area contributed by atoms with Gasteiger partial charge in [-0.05, 0) is 53.5 Å². The summed E-state index contributed by atoms with van der Waals surface area (Å²) in [6.07, 6.45) is 9.31. The summed E-state index contributed by atoms with van der Waals surface area (Å²) in [5.41, 5.74) is 0. The van der Waals surface area contributed by atoms with E-state index >= 15 is 0 Å². The Balaban J connectivity index is 1.12. The molecule has 8 heteroatoms. The number of nitrogens with zero attached hydrogens (tertiary/aromatic N) is 5. The van der Waals surface area contributed by atoms with Gasteiger partial charge in [0, 0.05) is 47.9 Å². The predicted molar refractivity (Wildman–Crippen MR) is 112 cm³/mol. The minimum atomic E-state index is -1.48. The molecule has 0 unspecified atom stereocenters. The fourth-order valence-electron chi connectivity index (χ4n) is 5.19. The number of carbonyl (C=O) groups is 2. The fourth-order valence-corrected chi connectivity index (χ4v) is 5.40. The first-order valence-corrected chi connectivity index (χ1v) is 11.2. The van der Waals surface area contributed by atoms with Gasteiger partial charge in [-0.3, -0.25) is 19.4 Å². The number of aromatic nitrogens is 2. The van der Waals surface area contributed by atoms with Gasteiger partial charge in [-0.1, -0.05) is 12.2 Å². The summed E-state index contributed by atoms with van der Waals surface area (Å²) in [5.74, 6) is 0.652. The molecule has 3 heterocycles. The lowest BCUT2D eigenvalue weighted by atomic mass is 9.85. The molecule has 29 heavy (non-hydrogen) atoms. The van der Waals surface area contributed by atoms with Gasteiger partial charge in [0.1, 0.15) is 0 Å². The van der Waals surface area contributed by atoms with E-state index in [0.29, 0.717) is 51.5 Å². The number of carbonyl (C=O) groups excluding carboxylic acids is 2. The molecule has 0 N–H and O–H groups in total. The van der Waals surface area contributed by atoms with Crippen LogP contribution in [0.3, 0.4) is 0 Å². The molecule has 0 radical (unpaired) electrons. The number of anilines is 1. The van der Waals surface area contributed by atoms with Gasteiger partial charge in [-0.2, -0.15) is 0 Å². The molecule has 4 atom stereocenters. The Morgan fingerprint density at radius 3 is 2.24 bits per heavy atom. The highest BCUT2D eigenvalue weighted by Crippen LogP contribution is 2.52. The van der Waals surface area contributed by atoms with Crippen molar-refractivity contribution in [3.8, 4) is 0 Å². The number of hydrogen-bond donors (Lipinski definition) is 0. The number of likely N-dealkylation sites (tertiary alicyclic amines) is 1. The van der Waals surface area contributed by atoms with Crippen LogP contribution in [0, 0.1) is 23.7 Å². The molecular weight excluding hydrogens is 434 g/mol. The number of rotatable bonds is 6. The molecular formula is C21H26BrN5O2. The van der Waals surface area contributed by atoms with Crippen molar-refractivity contribution in [1.82, 2.24) is 19.8 Å². The van der Waals surface area contributed by atoms with Gasteiger partial charge in [0.25, 0.3) is 0 Å². The van der Waals surface area contributed by atoms with Crippen LogP contribution in [-0.4, -0.2) is 70.8 Å². The highest BCUT2D eigenvalue weighted by molar-refractivity contribution is 9.10. The lowest BCUT2D eigenvalue weighted by Crippen LogP contribution is -2.47. The smallest absolute Gasteiger partial charge is 0.233 e. The van der Waals surface area contributed by atoms with E-state index in [4.69, 9.17) is 2.74 Å². The molecule has 2 amide bonds. The molecule has 2 aliphatic carbocycles. The van der Waals surface area contributed by atoms with Crippen LogP contribution < -0.4 is 4.90 Å². The second-order valence-electron chi connectivity index (χ2n) is 8.27. The first kappa shape index (κ1) is 16.9. The van der Waals surface area contributed by atoms with Crippen LogP contribution >= 0.6 is 15.9 Å². The maximum Gasteiger partial charge on any atom is 0.233 e. The summed E-state index contributed by atoms with van der Waals surface area (Å²) < 4.78 is 17.9. The molecule has 0 aromatic carbocycles. The average molecular weight is 462 g/mol. The molecule has 154 valence electrons. The third kappa shape index (κ3) is 3.50. The number of halogens is 1. The van der Waals surface area contributed by atoms with E-state index in [9.17, 15) is 9.59 Å². The maximum atomic E-state index is 12.8. The van der Waals surface area contributed by atoms with Crippen molar-refractivity contribution < 1.29 is 12.3 Å². The molecule has 0 spiro atoms. The van der Waals surface area contributed by atoms with Crippen molar-refractivity contribution >= 4 is 33.7 Å². The van der Waals surface area contributed by atoms with Crippen LogP contribution in [0.15, 0.2) is 29.0 Å². The summed E-state index contributed by atoms with van der Waals surface area (Å²) in [6, 6.07) is 0. The van der Waals surface area contributed by atoms with Crippen LogP contribution in [0.5, 0.6) is 0 Å². The highest BCUT2D eigenvalue weighted by Gasteiger charge is 2.58. The van der Waals surface area contributed by atoms with Crippen molar-refractivity contribution in [3.63, 3.8) is 0 Å². The number of fused-ring (bicyclic) bond motifs is 5. The van der Waals surface area contributed by atoms with E-state index in [-0.39, 0.29) is 35.5 Å². The zero-order chi connectivity index (χ0) is 21.8. The van der Waals surface area contributed by atoms with E-state index in [2.05, 4.69) is 42.9 Å². The second kappa shape index (κ2) is 7.80. The van der Waals surface area contributed by atoms with Gasteiger partial charge in [0.2, 0.25) is 17.8 Å². The van der Waals surface area contributed by atoms with Gasteiger partial charge in [0.15, 0.2) is 0 Å². The van der Waals surface area contributed by atoms with Crippen LogP contribution in [-0.2, 0) is 9.59 Å². The molecule has 1 aromatic heterocycles. The number of hydrogen-bond acceptors (Lipinski definition) is 6. The summed E-state index contributed by atoms with van der Waals surface area (Å²) >= 11 is 3.33. The summed E-state index contributed by atoms with van der Waals surface area (Å²) in [7, 11) is 0. The first-order chi connectivity index (χ1) is 14.8. The van der Waals surface area contributed by atoms with Crippen LogP contribution in [0.1, 0.15) is 22.0 Å². The summed E-state index contributed by atoms with van der Waals surface area (Å²) in [4.78, 5) is 39.5. The molecule has 2 saturated heterocycles. The third-order valence-corrected chi connectivity index (χ3v) is 7.03. The predicted octanol–water partition coefficient (Wildman–Crippen LogP) is 1.95. The Morgan fingerprint density at radius 1 is 1.00 bits per heavy atom. The Labute approximate surface area is 182 Å². The number of imide groups is 1. The molecule has 2 bridgehead atoms. The molecule has 2 aliphatic heterocycles.